The van der Waals surface area contributed by atoms with E-state index < -0.39 is 6.72 Å². The summed E-state index contributed by atoms with van der Waals surface area (Å²) in [5.41, 5.74) is -0.251. The number of hydrogen-bond donors (Lipinski definition) is 0. The number of hydrogen-bond acceptors (Lipinski definition) is 2. The lowest BCUT2D eigenvalue weighted by Crippen LogP contribution is -2.10. The Bertz CT molecular complexity index is 217. The second-order valence-electron chi connectivity index (χ2n) is 3.04. The topological polar surface area (TPSA) is 26.3 Å². The van der Waals surface area contributed by atoms with Crippen LogP contribution in [0, 0.1) is 0 Å². The van der Waals surface area contributed by atoms with Crippen molar-refractivity contribution in [2.45, 2.75) is 24.9 Å². The molecule has 0 aliphatic heterocycles. The summed E-state index contributed by atoms with van der Waals surface area (Å²) in [7, 11) is 0. The monoisotopic (exact) mass is 292 g/mol. The molecule has 0 spiro atoms. The van der Waals surface area contributed by atoms with Crippen LogP contribution in [0.1, 0.15) is 19.3 Å². The van der Waals surface area contributed by atoms with Crippen molar-refractivity contribution in [3.8, 4) is 0 Å². The van der Waals surface area contributed by atoms with Gasteiger partial charge in [-0.25, -0.2) is 0 Å². The van der Waals surface area contributed by atoms with Gasteiger partial charge in [-0.15, -0.1) is 29.8 Å². The molecule has 0 N–H and O–H groups in total. The van der Waals surface area contributed by atoms with Crippen molar-refractivity contribution in [3.05, 3.63) is 12.7 Å². The summed E-state index contributed by atoms with van der Waals surface area (Å²) in [5.74, 6) is 0.812. The lowest BCUT2D eigenvalue weighted by atomic mass is 10.3. The van der Waals surface area contributed by atoms with Gasteiger partial charge in [-0.1, -0.05) is 6.08 Å². The highest BCUT2D eigenvalue weighted by atomic mass is 35.7. The van der Waals surface area contributed by atoms with Crippen molar-refractivity contribution in [3.63, 3.8) is 0 Å². The quantitative estimate of drug-likeness (QED) is 0.268. The largest absolute Gasteiger partial charge is 0.317 e. The zero-order valence-corrected chi connectivity index (χ0v) is 11.7. The molecule has 15 heavy (non-hydrogen) atoms. The summed E-state index contributed by atoms with van der Waals surface area (Å²) < 4.78 is 17.1. The fraction of sp³-hybridized carbons (Fsp3) is 0.778. The van der Waals surface area contributed by atoms with Gasteiger partial charge in [-0.2, -0.15) is 0 Å². The Labute approximate surface area is 106 Å². The molecular formula is C9H16Cl3O2P. The molecule has 90 valence electrons. The predicted molar refractivity (Wildman–Crippen MR) is 68.7 cm³/mol. The standard InChI is InChI=1S/C9H16Cl3O2P/c1-2-3-8-14-15(12,13)9(4-6-10)5-7-11/h2,9H,1,3-8H2. The summed E-state index contributed by atoms with van der Waals surface area (Å²) in [6, 6.07) is 0. The molecule has 0 amide bonds. The van der Waals surface area contributed by atoms with E-state index in [1.54, 1.807) is 6.08 Å². The highest BCUT2D eigenvalue weighted by Crippen LogP contribution is 2.59. The molecule has 2 nitrogen and oxygen atoms in total. The van der Waals surface area contributed by atoms with Crippen LogP contribution in [-0.2, 0) is 9.09 Å². The van der Waals surface area contributed by atoms with E-state index in [9.17, 15) is 4.57 Å². The SMILES string of the molecule is C=CCCOP(=O)(Cl)C(CCCl)CCCl. The predicted octanol–water partition coefficient (Wildman–Crippen LogP) is 4.64. The van der Waals surface area contributed by atoms with Crippen molar-refractivity contribution >= 4 is 41.2 Å². The summed E-state index contributed by atoms with van der Waals surface area (Å²) in [6.45, 7) is 0.758. The van der Waals surface area contributed by atoms with Crippen molar-refractivity contribution in [2.24, 2.45) is 0 Å². The third-order valence-corrected chi connectivity index (χ3v) is 5.39. The van der Waals surface area contributed by atoms with Gasteiger partial charge >= 0.3 is 0 Å². The highest BCUT2D eigenvalue weighted by molar-refractivity contribution is 7.85. The second-order valence-corrected chi connectivity index (χ2v) is 7.24. The van der Waals surface area contributed by atoms with Crippen LogP contribution in [0.4, 0.5) is 0 Å². The minimum absolute atomic E-state index is 0.251. The second kappa shape index (κ2) is 8.90. The van der Waals surface area contributed by atoms with Gasteiger partial charge in [0.15, 0.2) is 0 Å². The van der Waals surface area contributed by atoms with Crippen LogP contribution in [-0.4, -0.2) is 24.0 Å². The van der Waals surface area contributed by atoms with E-state index in [0.717, 1.165) is 0 Å². The Morgan fingerprint density at radius 1 is 1.33 bits per heavy atom. The Morgan fingerprint density at radius 2 is 1.87 bits per heavy atom. The van der Waals surface area contributed by atoms with Crippen LogP contribution < -0.4 is 0 Å². The van der Waals surface area contributed by atoms with Crippen molar-refractivity contribution in [1.29, 1.82) is 0 Å². The molecule has 0 saturated carbocycles. The fourth-order valence-electron chi connectivity index (χ4n) is 1.07. The highest BCUT2D eigenvalue weighted by Gasteiger charge is 2.30. The minimum Gasteiger partial charge on any atom is -0.317 e. The zero-order valence-electron chi connectivity index (χ0n) is 8.50. The van der Waals surface area contributed by atoms with E-state index in [1.165, 1.54) is 0 Å². The van der Waals surface area contributed by atoms with Crippen LogP contribution in [0.2, 0.25) is 0 Å². The Balaban J connectivity index is 4.21. The third-order valence-electron chi connectivity index (χ3n) is 1.91. The molecule has 0 aliphatic carbocycles. The van der Waals surface area contributed by atoms with Crippen molar-refractivity contribution in [1.82, 2.24) is 0 Å². The first-order valence-electron chi connectivity index (χ1n) is 4.75. The van der Waals surface area contributed by atoms with Gasteiger partial charge in [-0.05, 0) is 30.5 Å². The molecule has 0 fully saturated rings. The van der Waals surface area contributed by atoms with E-state index in [-0.39, 0.29) is 5.66 Å². The van der Waals surface area contributed by atoms with Crippen LogP contribution in [0.5, 0.6) is 0 Å². The number of rotatable bonds is 9. The summed E-state index contributed by atoms with van der Waals surface area (Å²) in [4.78, 5) is 0. The Kier molecular flexibility index (Phi) is 9.37. The number of alkyl halides is 2. The van der Waals surface area contributed by atoms with Gasteiger partial charge in [0, 0.05) is 11.8 Å². The maximum atomic E-state index is 12.0. The molecular weight excluding hydrogens is 277 g/mol. The fourth-order valence-corrected chi connectivity index (χ4v) is 4.13. The van der Waals surface area contributed by atoms with Gasteiger partial charge < -0.3 is 4.52 Å². The van der Waals surface area contributed by atoms with Crippen molar-refractivity contribution < 1.29 is 9.09 Å². The molecule has 0 rings (SSSR count). The van der Waals surface area contributed by atoms with E-state index >= 15 is 0 Å². The maximum absolute atomic E-state index is 12.0. The molecule has 0 aromatic rings. The maximum Gasteiger partial charge on any atom is 0.293 e. The van der Waals surface area contributed by atoms with Gasteiger partial charge in [0.2, 0.25) is 0 Å². The van der Waals surface area contributed by atoms with Gasteiger partial charge in [0.1, 0.15) is 0 Å². The van der Waals surface area contributed by atoms with E-state index in [2.05, 4.69) is 6.58 Å². The molecule has 0 saturated heterocycles. The summed E-state index contributed by atoms with van der Waals surface area (Å²) >= 11 is 17.1. The average molecular weight is 294 g/mol. The first-order chi connectivity index (χ1) is 7.08. The minimum atomic E-state index is -3.11. The van der Waals surface area contributed by atoms with Crippen molar-refractivity contribution in [2.75, 3.05) is 18.4 Å². The molecule has 0 bridgehead atoms. The van der Waals surface area contributed by atoms with E-state index in [4.69, 9.17) is 39.0 Å². The summed E-state index contributed by atoms with van der Waals surface area (Å²) in [6.07, 6.45) is 3.44. The number of halogens is 3. The lowest BCUT2D eigenvalue weighted by Gasteiger charge is -2.20. The normalized spacial score (nSPS) is 15.2. The smallest absolute Gasteiger partial charge is 0.293 e. The summed E-state index contributed by atoms with van der Waals surface area (Å²) in [5, 5.41) is 0. The first-order valence-corrected chi connectivity index (χ1v) is 8.42. The molecule has 0 radical (unpaired) electrons. The Morgan fingerprint density at radius 3 is 2.27 bits per heavy atom. The average Bonchev–Trinajstić information content (AvgIpc) is 2.18. The molecule has 0 heterocycles. The van der Waals surface area contributed by atoms with E-state index in [0.29, 0.717) is 37.6 Å². The van der Waals surface area contributed by atoms with Crippen LogP contribution >= 0.6 is 41.2 Å². The van der Waals surface area contributed by atoms with Crippen LogP contribution in [0.3, 0.4) is 0 Å². The van der Waals surface area contributed by atoms with Gasteiger partial charge in [-0.3, -0.25) is 4.57 Å². The molecule has 0 aromatic heterocycles. The zero-order chi connectivity index (χ0) is 11.7. The first kappa shape index (κ1) is 15.8. The van der Waals surface area contributed by atoms with Gasteiger partial charge in [0.05, 0.1) is 12.3 Å². The molecule has 1 atom stereocenters. The van der Waals surface area contributed by atoms with E-state index in [1.807, 2.05) is 0 Å². The molecule has 6 heteroatoms. The molecule has 1 unspecified atom stereocenters. The van der Waals surface area contributed by atoms with Crippen LogP contribution in [0.15, 0.2) is 12.7 Å². The van der Waals surface area contributed by atoms with Crippen LogP contribution in [0.25, 0.3) is 0 Å². The third kappa shape index (κ3) is 6.86. The Hall–Kier alpha value is 0.800. The van der Waals surface area contributed by atoms with Gasteiger partial charge in [0.25, 0.3) is 6.72 Å². The molecule has 0 aromatic carbocycles. The molecule has 0 aliphatic rings. The lowest BCUT2D eigenvalue weighted by molar-refractivity contribution is 0.322.